The normalized spacial score (nSPS) is 15.1. The van der Waals surface area contributed by atoms with Crippen LogP contribution in [0.25, 0.3) is 6.08 Å². The molecule has 0 bridgehead atoms. The van der Waals surface area contributed by atoms with Gasteiger partial charge in [0.15, 0.2) is 5.78 Å². The number of carbonyl (C=O) groups is 1. The van der Waals surface area contributed by atoms with Gasteiger partial charge in [0.05, 0.1) is 0 Å². The Kier molecular flexibility index (Phi) is 6.29. The Hall–Kier alpha value is -2.33. The molecule has 2 nitrogen and oxygen atoms in total. The largest absolute Gasteiger partial charge is 0.303 e. The monoisotopic (exact) mass is 355 g/mol. The van der Waals surface area contributed by atoms with Gasteiger partial charge in [-0.2, -0.15) is 0 Å². The molecule has 1 heterocycles. The summed E-state index contributed by atoms with van der Waals surface area (Å²) in [4.78, 5) is 14.4. The highest BCUT2D eigenvalue weighted by Crippen LogP contribution is 2.21. The second kappa shape index (κ2) is 8.86. The zero-order valence-electron chi connectivity index (χ0n) is 14.8. The van der Waals surface area contributed by atoms with Gasteiger partial charge in [-0.3, -0.25) is 4.79 Å². The molecule has 0 N–H and O–H groups in total. The van der Waals surface area contributed by atoms with Crippen molar-refractivity contribution in [2.24, 2.45) is 0 Å². The van der Waals surface area contributed by atoms with Gasteiger partial charge < -0.3 is 4.90 Å². The van der Waals surface area contributed by atoms with Crippen LogP contribution in [0.4, 0.5) is 8.78 Å². The van der Waals surface area contributed by atoms with E-state index in [2.05, 4.69) is 4.90 Å². The summed E-state index contributed by atoms with van der Waals surface area (Å²) in [6.45, 7) is 2.75. The quantitative estimate of drug-likeness (QED) is 0.671. The number of rotatable bonds is 6. The van der Waals surface area contributed by atoms with Crippen molar-refractivity contribution in [3.8, 4) is 0 Å². The second-order valence-electron chi connectivity index (χ2n) is 6.70. The molecule has 0 aliphatic carbocycles. The molecule has 1 aliphatic heterocycles. The number of ketones is 1. The molecule has 1 fully saturated rings. The fourth-order valence-electron chi connectivity index (χ4n) is 3.26. The lowest BCUT2D eigenvalue weighted by Crippen LogP contribution is -2.31. The Labute approximate surface area is 153 Å². The summed E-state index contributed by atoms with van der Waals surface area (Å²) in [5, 5.41) is 0. The molecule has 3 rings (SSSR count). The molecule has 2 aromatic rings. The standard InChI is InChI=1S/C22H23F2NO/c23-20-9-7-18(8-10-20)22(26)6-3-13-25-14-11-17(12-15-25)16-19-4-1-2-5-21(19)24/h1-2,4-5,7-10,16H,3,6,11-15H2. The van der Waals surface area contributed by atoms with Crippen LogP contribution in [0.2, 0.25) is 0 Å². The molecule has 0 atom stereocenters. The summed E-state index contributed by atoms with van der Waals surface area (Å²) in [6, 6.07) is 12.6. The van der Waals surface area contributed by atoms with Crippen LogP contribution in [-0.4, -0.2) is 30.3 Å². The van der Waals surface area contributed by atoms with Crippen molar-refractivity contribution in [2.75, 3.05) is 19.6 Å². The average molecular weight is 355 g/mol. The number of Topliss-reactive ketones (excluding diaryl/α,β-unsaturated/α-hetero) is 1. The Balaban J connectivity index is 1.42. The number of nitrogens with zero attached hydrogens (tertiary/aromatic N) is 1. The van der Waals surface area contributed by atoms with Crippen molar-refractivity contribution in [2.45, 2.75) is 25.7 Å². The van der Waals surface area contributed by atoms with E-state index in [1.807, 2.05) is 12.1 Å². The van der Waals surface area contributed by atoms with Crippen molar-refractivity contribution in [1.29, 1.82) is 0 Å². The van der Waals surface area contributed by atoms with Crippen LogP contribution in [0, 0.1) is 11.6 Å². The molecular weight excluding hydrogens is 332 g/mol. The minimum absolute atomic E-state index is 0.0575. The lowest BCUT2D eigenvalue weighted by atomic mass is 10.00. The summed E-state index contributed by atoms with van der Waals surface area (Å²) in [6.07, 6.45) is 5.09. The molecule has 1 saturated heterocycles. The van der Waals surface area contributed by atoms with Crippen molar-refractivity contribution in [3.05, 3.63) is 76.9 Å². The number of halogens is 2. The number of carbonyl (C=O) groups excluding carboxylic acids is 1. The van der Waals surface area contributed by atoms with Crippen LogP contribution >= 0.6 is 0 Å². The van der Waals surface area contributed by atoms with Gasteiger partial charge in [0.1, 0.15) is 11.6 Å². The van der Waals surface area contributed by atoms with Crippen LogP contribution in [-0.2, 0) is 0 Å². The van der Waals surface area contributed by atoms with Gasteiger partial charge in [-0.1, -0.05) is 29.8 Å². The van der Waals surface area contributed by atoms with E-state index < -0.39 is 0 Å². The van der Waals surface area contributed by atoms with Gasteiger partial charge in [-0.15, -0.1) is 0 Å². The third-order valence-electron chi connectivity index (χ3n) is 4.81. The Morgan fingerprint density at radius 1 is 1.00 bits per heavy atom. The maximum Gasteiger partial charge on any atom is 0.162 e. The average Bonchev–Trinajstić information content (AvgIpc) is 2.65. The van der Waals surface area contributed by atoms with E-state index in [1.165, 1.54) is 23.8 Å². The van der Waals surface area contributed by atoms with Gasteiger partial charge in [0.25, 0.3) is 0 Å². The molecular formula is C22H23F2NO. The van der Waals surface area contributed by atoms with Gasteiger partial charge in [-0.05, 0) is 56.1 Å². The zero-order chi connectivity index (χ0) is 18.4. The highest BCUT2D eigenvalue weighted by molar-refractivity contribution is 5.95. The van der Waals surface area contributed by atoms with Crippen molar-refractivity contribution < 1.29 is 13.6 Å². The molecule has 0 spiro atoms. The molecule has 1 aliphatic rings. The maximum atomic E-state index is 13.7. The predicted octanol–water partition coefficient (Wildman–Crippen LogP) is 5.11. The van der Waals surface area contributed by atoms with Crippen molar-refractivity contribution in [1.82, 2.24) is 4.90 Å². The summed E-state index contributed by atoms with van der Waals surface area (Å²) >= 11 is 0. The van der Waals surface area contributed by atoms with Gasteiger partial charge in [-0.25, -0.2) is 8.78 Å². The van der Waals surface area contributed by atoms with Crippen LogP contribution in [0.5, 0.6) is 0 Å². The highest BCUT2D eigenvalue weighted by Gasteiger charge is 2.15. The van der Waals surface area contributed by atoms with E-state index in [9.17, 15) is 13.6 Å². The van der Waals surface area contributed by atoms with Crippen LogP contribution in [0.1, 0.15) is 41.6 Å². The third kappa shape index (κ3) is 5.09. The Morgan fingerprint density at radius 3 is 2.38 bits per heavy atom. The molecule has 0 aromatic heterocycles. The van der Waals surface area contributed by atoms with E-state index in [0.717, 1.165) is 38.9 Å². The Morgan fingerprint density at radius 2 is 1.69 bits per heavy atom. The van der Waals surface area contributed by atoms with Gasteiger partial charge >= 0.3 is 0 Å². The Bertz CT molecular complexity index is 773. The molecule has 26 heavy (non-hydrogen) atoms. The fraction of sp³-hybridized carbons (Fsp3) is 0.318. The lowest BCUT2D eigenvalue weighted by Gasteiger charge is -2.28. The van der Waals surface area contributed by atoms with Crippen LogP contribution in [0.15, 0.2) is 54.1 Å². The minimum atomic E-state index is -0.325. The number of piperidine rings is 1. The van der Waals surface area contributed by atoms with E-state index in [4.69, 9.17) is 0 Å². The molecule has 0 radical (unpaired) electrons. The van der Waals surface area contributed by atoms with E-state index in [0.29, 0.717) is 17.5 Å². The number of likely N-dealkylation sites (tertiary alicyclic amines) is 1. The first kappa shape index (κ1) is 18.5. The number of hydrogen-bond acceptors (Lipinski definition) is 2. The molecule has 0 amide bonds. The third-order valence-corrected chi connectivity index (χ3v) is 4.81. The van der Waals surface area contributed by atoms with Gasteiger partial charge in [0.2, 0.25) is 0 Å². The summed E-state index contributed by atoms with van der Waals surface area (Å²) < 4.78 is 26.6. The highest BCUT2D eigenvalue weighted by atomic mass is 19.1. The predicted molar refractivity (Wildman–Crippen MR) is 100 cm³/mol. The molecule has 2 aromatic carbocycles. The number of benzene rings is 2. The number of hydrogen-bond donors (Lipinski definition) is 0. The summed E-state index contributed by atoms with van der Waals surface area (Å²) in [5.41, 5.74) is 2.50. The van der Waals surface area contributed by atoms with Crippen molar-refractivity contribution >= 4 is 11.9 Å². The summed E-state index contributed by atoms with van der Waals surface area (Å²) in [5.74, 6) is -0.446. The minimum Gasteiger partial charge on any atom is -0.303 e. The second-order valence-corrected chi connectivity index (χ2v) is 6.70. The summed E-state index contributed by atoms with van der Waals surface area (Å²) in [7, 11) is 0. The van der Waals surface area contributed by atoms with E-state index >= 15 is 0 Å². The fourth-order valence-corrected chi connectivity index (χ4v) is 3.26. The van der Waals surface area contributed by atoms with Crippen molar-refractivity contribution in [3.63, 3.8) is 0 Å². The van der Waals surface area contributed by atoms with E-state index in [-0.39, 0.29) is 17.4 Å². The molecule has 0 unspecified atom stereocenters. The first-order valence-electron chi connectivity index (χ1n) is 9.07. The lowest BCUT2D eigenvalue weighted by molar-refractivity contribution is 0.0974. The van der Waals surface area contributed by atoms with Gasteiger partial charge in [0, 0.05) is 30.6 Å². The SMILES string of the molecule is O=C(CCCN1CCC(=Cc2ccccc2F)CC1)c1ccc(F)cc1. The van der Waals surface area contributed by atoms with Crippen LogP contribution < -0.4 is 0 Å². The first-order chi connectivity index (χ1) is 12.6. The topological polar surface area (TPSA) is 20.3 Å². The molecule has 4 heteroatoms. The molecule has 0 saturated carbocycles. The van der Waals surface area contributed by atoms with E-state index in [1.54, 1.807) is 24.3 Å². The first-order valence-corrected chi connectivity index (χ1v) is 9.07. The van der Waals surface area contributed by atoms with Crippen LogP contribution in [0.3, 0.4) is 0 Å². The zero-order valence-corrected chi connectivity index (χ0v) is 14.8. The smallest absolute Gasteiger partial charge is 0.162 e. The molecule has 136 valence electrons. The maximum absolute atomic E-state index is 13.7.